The van der Waals surface area contributed by atoms with Crippen LogP contribution < -0.4 is 10.1 Å². The Kier molecular flexibility index (Phi) is 5.16. The van der Waals surface area contributed by atoms with Crippen molar-refractivity contribution in [2.45, 2.75) is 13.3 Å². The van der Waals surface area contributed by atoms with Crippen molar-refractivity contribution in [2.75, 3.05) is 12.4 Å². The van der Waals surface area contributed by atoms with Gasteiger partial charge in [0.2, 0.25) is 0 Å². The number of rotatable bonds is 6. The average molecular weight is 319 g/mol. The van der Waals surface area contributed by atoms with Gasteiger partial charge in [0, 0.05) is 5.69 Å². The second-order valence-electron chi connectivity index (χ2n) is 4.91. The smallest absolute Gasteiger partial charge is 0.306 e. The summed E-state index contributed by atoms with van der Waals surface area (Å²) in [7, 11) is 1.53. The molecule has 0 aliphatic carbocycles. The number of benzene rings is 1. The van der Waals surface area contributed by atoms with Crippen LogP contribution in [0.25, 0.3) is 0 Å². The highest BCUT2D eigenvalue weighted by Gasteiger charge is 2.14. The third-order valence-corrected chi connectivity index (χ3v) is 4.12. The lowest BCUT2D eigenvalue weighted by Gasteiger charge is -2.08. The van der Waals surface area contributed by atoms with E-state index in [1.165, 1.54) is 18.4 Å². The fourth-order valence-electron chi connectivity index (χ4n) is 1.98. The van der Waals surface area contributed by atoms with E-state index in [9.17, 15) is 9.59 Å². The number of carboxylic acid groups (broad SMARTS) is 1. The lowest BCUT2D eigenvalue weighted by molar-refractivity contribution is -0.141. The quantitative estimate of drug-likeness (QED) is 0.857. The van der Waals surface area contributed by atoms with Crippen molar-refractivity contribution in [1.82, 2.24) is 0 Å². The molecule has 2 aromatic rings. The number of thiophene rings is 1. The number of hydrogen-bond acceptors (Lipinski definition) is 4. The molecule has 1 unspecified atom stereocenters. The number of ether oxygens (including phenoxy) is 1. The first-order valence-corrected chi connectivity index (χ1v) is 7.63. The summed E-state index contributed by atoms with van der Waals surface area (Å²) in [6, 6.07) is 8.92. The van der Waals surface area contributed by atoms with Crippen LogP contribution in [0, 0.1) is 5.92 Å². The molecular weight excluding hydrogens is 302 g/mol. The molecule has 0 saturated heterocycles. The molecule has 0 aliphatic heterocycles. The summed E-state index contributed by atoms with van der Waals surface area (Å²) in [5.41, 5.74) is 1.58. The second-order valence-corrected chi connectivity index (χ2v) is 5.83. The van der Waals surface area contributed by atoms with Crippen molar-refractivity contribution >= 4 is 28.9 Å². The molecule has 0 fully saturated rings. The molecule has 22 heavy (non-hydrogen) atoms. The Morgan fingerprint density at radius 1 is 1.27 bits per heavy atom. The lowest BCUT2D eigenvalue weighted by atomic mass is 10.0. The summed E-state index contributed by atoms with van der Waals surface area (Å²) in [5.74, 6) is -0.925. The van der Waals surface area contributed by atoms with Crippen LogP contribution in [-0.2, 0) is 11.2 Å². The Balaban J connectivity index is 2.02. The summed E-state index contributed by atoms with van der Waals surface area (Å²) in [5, 5.41) is 13.5. The number of nitrogens with one attached hydrogen (secondary N) is 1. The molecule has 0 aliphatic rings. The number of amides is 1. The summed E-state index contributed by atoms with van der Waals surface area (Å²) in [6.07, 6.45) is 0.461. The molecule has 6 heteroatoms. The molecule has 116 valence electrons. The molecule has 5 nitrogen and oxygen atoms in total. The zero-order valence-corrected chi connectivity index (χ0v) is 13.1. The molecule has 0 spiro atoms. The van der Waals surface area contributed by atoms with Crippen LogP contribution in [-0.4, -0.2) is 24.1 Å². The highest BCUT2D eigenvalue weighted by molar-refractivity contribution is 7.12. The van der Waals surface area contributed by atoms with E-state index in [0.29, 0.717) is 22.7 Å². The van der Waals surface area contributed by atoms with Crippen LogP contribution in [0.5, 0.6) is 5.75 Å². The van der Waals surface area contributed by atoms with E-state index in [2.05, 4.69) is 5.32 Å². The Labute approximate surface area is 132 Å². The lowest BCUT2D eigenvalue weighted by Crippen LogP contribution is -2.13. The standard InChI is InChI=1S/C16H17NO4S/c1-10(16(19)20)9-11-3-5-12(6-4-11)17-15(18)14-13(21-2)7-8-22-14/h3-8,10H,9H2,1-2H3,(H,17,18)(H,19,20). The fourth-order valence-corrected chi connectivity index (χ4v) is 2.73. The third kappa shape index (κ3) is 3.85. The normalized spacial score (nSPS) is 11.7. The first-order valence-electron chi connectivity index (χ1n) is 6.76. The molecule has 1 heterocycles. The fraction of sp³-hybridized carbons (Fsp3) is 0.250. The van der Waals surface area contributed by atoms with Gasteiger partial charge in [-0.15, -0.1) is 11.3 Å². The van der Waals surface area contributed by atoms with Gasteiger partial charge in [0.05, 0.1) is 13.0 Å². The minimum absolute atomic E-state index is 0.224. The largest absolute Gasteiger partial charge is 0.495 e. The highest BCUT2D eigenvalue weighted by atomic mass is 32.1. The molecule has 0 saturated carbocycles. The van der Waals surface area contributed by atoms with Gasteiger partial charge < -0.3 is 15.2 Å². The third-order valence-electron chi connectivity index (χ3n) is 3.23. The van der Waals surface area contributed by atoms with Gasteiger partial charge in [0.15, 0.2) is 0 Å². The average Bonchev–Trinajstić information content (AvgIpc) is 2.97. The number of hydrogen-bond donors (Lipinski definition) is 2. The molecule has 0 radical (unpaired) electrons. The molecular formula is C16H17NO4S. The Morgan fingerprint density at radius 2 is 1.95 bits per heavy atom. The van der Waals surface area contributed by atoms with Crippen molar-refractivity contribution in [3.63, 3.8) is 0 Å². The zero-order valence-electron chi connectivity index (χ0n) is 12.3. The molecule has 2 rings (SSSR count). The van der Waals surface area contributed by atoms with E-state index in [1.54, 1.807) is 30.5 Å². The molecule has 1 aromatic carbocycles. The Morgan fingerprint density at radius 3 is 2.55 bits per heavy atom. The minimum atomic E-state index is -0.817. The van der Waals surface area contributed by atoms with Crippen molar-refractivity contribution in [3.05, 3.63) is 46.2 Å². The maximum Gasteiger partial charge on any atom is 0.306 e. The minimum Gasteiger partial charge on any atom is -0.495 e. The monoisotopic (exact) mass is 319 g/mol. The summed E-state index contributed by atoms with van der Waals surface area (Å²) in [6.45, 7) is 1.67. The molecule has 1 aromatic heterocycles. The highest BCUT2D eigenvalue weighted by Crippen LogP contribution is 2.25. The SMILES string of the molecule is COc1ccsc1C(=O)Nc1ccc(CC(C)C(=O)O)cc1. The van der Waals surface area contributed by atoms with Crippen molar-refractivity contribution in [1.29, 1.82) is 0 Å². The number of carbonyl (C=O) groups is 2. The van der Waals surface area contributed by atoms with Gasteiger partial charge in [-0.2, -0.15) is 0 Å². The topological polar surface area (TPSA) is 75.6 Å². The first kappa shape index (κ1) is 16.0. The number of carbonyl (C=O) groups excluding carboxylic acids is 1. The molecule has 2 N–H and O–H groups in total. The Hall–Kier alpha value is -2.34. The van der Waals surface area contributed by atoms with Crippen LogP contribution >= 0.6 is 11.3 Å². The van der Waals surface area contributed by atoms with Crippen molar-refractivity contribution in [3.8, 4) is 5.75 Å². The van der Waals surface area contributed by atoms with Crippen LogP contribution in [0.3, 0.4) is 0 Å². The molecule has 1 atom stereocenters. The van der Waals surface area contributed by atoms with Gasteiger partial charge in [0.1, 0.15) is 10.6 Å². The van der Waals surface area contributed by atoms with Crippen LogP contribution in [0.4, 0.5) is 5.69 Å². The predicted molar refractivity (Wildman–Crippen MR) is 85.8 cm³/mol. The number of methoxy groups -OCH3 is 1. The van der Waals surface area contributed by atoms with E-state index in [4.69, 9.17) is 9.84 Å². The van der Waals surface area contributed by atoms with Crippen LogP contribution in [0.15, 0.2) is 35.7 Å². The molecule has 0 bridgehead atoms. The number of carboxylic acids is 1. The van der Waals surface area contributed by atoms with E-state index < -0.39 is 11.9 Å². The van der Waals surface area contributed by atoms with E-state index >= 15 is 0 Å². The van der Waals surface area contributed by atoms with Crippen molar-refractivity contribution in [2.24, 2.45) is 5.92 Å². The van der Waals surface area contributed by atoms with Crippen molar-refractivity contribution < 1.29 is 19.4 Å². The van der Waals surface area contributed by atoms with Gasteiger partial charge >= 0.3 is 5.97 Å². The second kappa shape index (κ2) is 7.09. The number of anilines is 1. The van der Waals surface area contributed by atoms with Crippen LogP contribution in [0.2, 0.25) is 0 Å². The van der Waals surface area contributed by atoms with Gasteiger partial charge in [-0.05, 0) is 35.6 Å². The summed E-state index contributed by atoms with van der Waals surface area (Å²) in [4.78, 5) is 23.5. The van der Waals surface area contributed by atoms with Gasteiger partial charge in [-0.25, -0.2) is 0 Å². The maximum absolute atomic E-state index is 12.1. The first-order chi connectivity index (χ1) is 10.5. The van der Waals surface area contributed by atoms with Crippen LogP contribution in [0.1, 0.15) is 22.2 Å². The maximum atomic E-state index is 12.1. The van der Waals surface area contributed by atoms with E-state index in [-0.39, 0.29) is 5.91 Å². The van der Waals surface area contributed by atoms with Gasteiger partial charge in [0.25, 0.3) is 5.91 Å². The zero-order chi connectivity index (χ0) is 16.1. The van der Waals surface area contributed by atoms with E-state index in [1.807, 2.05) is 12.1 Å². The van der Waals surface area contributed by atoms with E-state index in [0.717, 1.165) is 5.56 Å². The molecule has 1 amide bonds. The van der Waals surface area contributed by atoms with Gasteiger partial charge in [-0.1, -0.05) is 19.1 Å². The predicted octanol–water partition coefficient (Wildman–Crippen LogP) is 3.27. The van der Waals surface area contributed by atoms with Gasteiger partial charge in [-0.3, -0.25) is 9.59 Å². The summed E-state index contributed by atoms with van der Waals surface area (Å²) < 4.78 is 5.12. The Bertz CT molecular complexity index is 663. The number of aliphatic carboxylic acids is 1. The summed E-state index contributed by atoms with van der Waals surface area (Å²) >= 11 is 1.31.